The molecule has 1 aliphatic heterocycles. The molecule has 0 fully saturated rings. The highest BCUT2D eigenvalue weighted by Gasteiger charge is 2.29. The number of hydrogen-bond donors (Lipinski definition) is 2. The lowest BCUT2D eigenvalue weighted by molar-refractivity contribution is -0.120. The van der Waals surface area contributed by atoms with Crippen molar-refractivity contribution in [3.05, 3.63) is 29.3 Å². The number of carbonyl (C=O) groups is 2. The van der Waals surface area contributed by atoms with Gasteiger partial charge in [-0.05, 0) is 32.4 Å². The molecule has 0 bridgehead atoms. The molecule has 1 amide bonds. The van der Waals surface area contributed by atoms with E-state index >= 15 is 0 Å². The lowest BCUT2D eigenvalue weighted by Crippen LogP contribution is -2.46. The minimum absolute atomic E-state index is 0.123. The van der Waals surface area contributed by atoms with E-state index < -0.39 is 24.2 Å². The zero-order valence-electron chi connectivity index (χ0n) is 13.3. The van der Waals surface area contributed by atoms with Crippen molar-refractivity contribution in [1.29, 1.82) is 0 Å². The van der Waals surface area contributed by atoms with Crippen LogP contribution in [-0.4, -0.2) is 30.1 Å². The van der Waals surface area contributed by atoms with Crippen LogP contribution < -0.4 is 10.6 Å². The monoisotopic (exact) mass is 326 g/mol. The van der Waals surface area contributed by atoms with Crippen molar-refractivity contribution in [3.63, 3.8) is 0 Å². The molecule has 1 atom stereocenters. The Kier molecular flexibility index (Phi) is 4.87. The van der Waals surface area contributed by atoms with Crippen LogP contribution in [0.5, 0.6) is 0 Å². The standard InChI is InChI=1S/C16H20F2N2O3/c1-16(2,3)23-15(22)20-12-8-19-11-6-4-5-9(14(17)18)10(11)7-13(12)21/h4-6,12,14,19H,7-8H2,1-3H3,(H,20,22)/t12-/m0/s1. The van der Waals surface area contributed by atoms with Crippen LogP contribution in [0.15, 0.2) is 18.2 Å². The predicted octanol–water partition coefficient (Wildman–Crippen LogP) is 3.05. The Morgan fingerprint density at radius 3 is 2.70 bits per heavy atom. The van der Waals surface area contributed by atoms with E-state index in [-0.39, 0.29) is 29.9 Å². The molecule has 0 aromatic heterocycles. The average Bonchev–Trinajstić information content (AvgIpc) is 2.56. The third kappa shape index (κ3) is 4.40. The van der Waals surface area contributed by atoms with Crippen molar-refractivity contribution in [2.45, 2.75) is 45.3 Å². The van der Waals surface area contributed by atoms with Gasteiger partial charge in [0.2, 0.25) is 0 Å². The maximum atomic E-state index is 13.1. The third-order valence-electron chi connectivity index (χ3n) is 3.37. The molecule has 0 unspecified atom stereocenters. The van der Waals surface area contributed by atoms with Gasteiger partial charge < -0.3 is 15.4 Å². The molecule has 23 heavy (non-hydrogen) atoms. The number of amides is 1. The van der Waals surface area contributed by atoms with Gasteiger partial charge in [0.25, 0.3) is 6.43 Å². The van der Waals surface area contributed by atoms with Crippen LogP contribution in [0.25, 0.3) is 0 Å². The van der Waals surface area contributed by atoms with Gasteiger partial charge in [-0.1, -0.05) is 12.1 Å². The fourth-order valence-corrected chi connectivity index (χ4v) is 2.38. The topological polar surface area (TPSA) is 67.4 Å². The van der Waals surface area contributed by atoms with Crippen LogP contribution in [0, 0.1) is 0 Å². The summed E-state index contributed by atoms with van der Waals surface area (Å²) in [7, 11) is 0. The van der Waals surface area contributed by atoms with Crippen molar-refractivity contribution in [2.24, 2.45) is 0 Å². The van der Waals surface area contributed by atoms with Crippen LogP contribution in [0.1, 0.15) is 38.3 Å². The van der Waals surface area contributed by atoms with Gasteiger partial charge in [0, 0.05) is 24.2 Å². The number of Topliss-reactive ketones (excluding diaryl/α,β-unsaturated/α-hetero) is 1. The Morgan fingerprint density at radius 2 is 2.09 bits per heavy atom. The second-order valence-electron chi connectivity index (χ2n) is 6.40. The summed E-state index contributed by atoms with van der Waals surface area (Å²) in [6.45, 7) is 5.26. The first-order valence-electron chi connectivity index (χ1n) is 7.33. The zero-order chi connectivity index (χ0) is 17.2. The number of carbonyl (C=O) groups excluding carboxylic acids is 2. The first kappa shape index (κ1) is 17.2. The van der Waals surface area contributed by atoms with E-state index in [1.54, 1.807) is 26.8 Å². The average molecular weight is 326 g/mol. The molecule has 5 nitrogen and oxygen atoms in total. The van der Waals surface area contributed by atoms with E-state index in [1.807, 2.05) is 0 Å². The van der Waals surface area contributed by atoms with E-state index in [1.165, 1.54) is 12.1 Å². The highest BCUT2D eigenvalue weighted by molar-refractivity contribution is 5.92. The molecule has 0 spiro atoms. The number of halogens is 2. The Bertz CT molecular complexity index is 612. The molecule has 1 heterocycles. The molecule has 7 heteroatoms. The highest BCUT2D eigenvalue weighted by atomic mass is 19.3. The fourth-order valence-electron chi connectivity index (χ4n) is 2.38. The van der Waals surface area contributed by atoms with E-state index in [0.29, 0.717) is 5.69 Å². The Hall–Kier alpha value is -2.18. The lowest BCUT2D eigenvalue weighted by atomic mass is 9.99. The van der Waals surface area contributed by atoms with E-state index in [4.69, 9.17) is 4.74 Å². The first-order chi connectivity index (χ1) is 10.7. The summed E-state index contributed by atoms with van der Waals surface area (Å²) in [5, 5.41) is 5.43. The van der Waals surface area contributed by atoms with Crippen LogP contribution in [0.2, 0.25) is 0 Å². The lowest BCUT2D eigenvalue weighted by Gasteiger charge is -2.22. The second-order valence-corrected chi connectivity index (χ2v) is 6.40. The van der Waals surface area contributed by atoms with Gasteiger partial charge in [-0.2, -0.15) is 0 Å². The minimum atomic E-state index is -2.66. The normalized spacial score (nSPS) is 18.0. The smallest absolute Gasteiger partial charge is 0.408 e. The summed E-state index contributed by atoms with van der Waals surface area (Å²) >= 11 is 0. The predicted molar refractivity (Wildman–Crippen MR) is 81.8 cm³/mol. The molecule has 0 radical (unpaired) electrons. The number of nitrogens with one attached hydrogen (secondary N) is 2. The fraction of sp³-hybridized carbons (Fsp3) is 0.500. The second kappa shape index (κ2) is 6.52. The SMILES string of the molecule is CC(C)(C)OC(=O)N[C@H]1CNc2cccc(C(F)F)c2CC1=O. The maximum Gasteiger partial charge on any atom is 0.408 e. The van der Waals surface area contributed by atoms with Gasteiger partial charge >= 0.3 is 6.09 Å². The van der Waals surface area contributed by atoms with Crippen molar-refractivity contribution < 1.29 is 23.1 Å². The van der Waals surface area contributed by atoms with Crippen LogP contribution >= 0.6 is 0 Å². The van der Waals surface area contributed by atoms with Gasteiger partial charge in [0.15, 0.2) is 5.78 Å². The summed E-state index contributed by atoms with van der Waals surface area (Å²) in [5.74, 6) is -0.338. The van der Waals surface area contributed by atoms with Crippen LogP contribution in [-0.2, 0) is 16.0 Å². The number of alkyl carbamates (subject to hydrolysis) is 1. The Morgan fingerprint density at radius 1 is 1.39 bits per heavy atom. The number of alkyl halides is 2. The Balaban J connectivity index is 2.14. The number of fused-ring (bicyclic) bond motifs is 1. The molecule has 2 N–H and O–H groups in total. The quantitative estimate of drug-likeness (QED) is 0.876. The molecular weight excluding hydrogens is 306 g/mol. The third-order valence-corrected chi connectivity index (χ3v) is 3.37. The molecule has 0 aliphatic carbocycles. The largest absolute Gasteiger partial charge is 0.444 e. The van der Waals surface area contributed by atoms with Crippen molar-refractivity contribution in [3.8, 4) is 0 Å². The summed E-state index contributed by atoms with van der Waals surface area (Å²) < 4.78 is 31.3. The molecule has 126 valence electrons. The summed E-state index contributed by atoms with van der Waals surface area (Å²) in [6, 6.07) is 3.63. The van der Waals surface area contributed by atoms with Gasteiger partial charge in [0.1, 0.15) is 11.6 Å². The molecule has 1 aliphatic rings. The number of benzene rings is 1. The van der Waals surface area contributed by atoms with Crippen molar-refractivity contribution in [1.82, 2.24) is 5.32 Å². The van der Waals surface area contributed by atoms with E-state index in [9.17, 15) is 18.4 Å². The van der Waals surface area contributed by atoms with Crippen molar-refractivity contribution >= 4 is 17.6 Å². The number of rotatable bonds is 2. The summed E-state index contributed by atoms with van der Waals surface area (Å²) in [6.07, 6.45) is -3.53. The molecule has 0 saturated heterocycles. The van der Waals surface area contributed by atoms with E-state index in [0.717, 1.165) is 0 Å². The number of hydrogen-bond acceptors (Lipinski definition) is 4. The minimum Gasteiger partial charge on any atom is -0.444 e. The van der Waals surface area contributed by atoms with Gasteiger partial charge in [0.05, 0.1) is 0 Å². The van der Waals surface area contributed by atoms with Gasteiger partial charge in [-0.25, -0.2) is 13.6 Å². The molecule has 1 aromatic rings. The molecule has 0 saturated carbocycles. The van der Waals surface area contributed by atoms with Crippen molar-refractivity contribution in [2.75, 3.05) is 11.9 Å². The Labute approximate surface area is 133 Å². The highest BCUT2D eigenvalue weighted by Crippen LogP contribution is 2.30. The number of ether oxygens (including phenoxy) is 1. The molecule has 1 aromatic carbocycles. The summed E-state index contributed by atoms with van der Waals surface area (Å²) in [5.41, 5.74) is -0.0798. The van der Waals surface area contributed by atoms with E-state index in [2.05, 4.69) is 10.6 Å². The number of ketones is 1. The van der Waals surface area contributed by atoms with Crippen LogP contribution in [0.3, 0.4) is 0 Å². The zero-order valence-corrected chi connectivity index (χ0v) is 13.3. The molecular formula is C16H20F2N2O3. The molecule has 2 rings (SSSR count). The van der Waals surface area contributed by atoms with Crippen LogP contribution in [0.4, 0.5) is 19.3 Å². The maximum absolute atomic E-state index is 13.1. The first-order valence-corrected chi connectivity index (χ1v) is 7.33. The van der Waals surface area contributed by atoms with Gasteiger partial charge in [-0.3, -0.25) is 4.79 Å². The number of anilines is 1. The summed E-state index contributed by atoms with van der Waals surface area (Å²) in [4.78, 5) is 24.1. The van der Waals surface area contributed by atoms with Gasteiger partial charge in [-0.15, -0.1) is 0 Å².